The molecule has 0 aromatic carbocycles. The van der Waals surface area contributed by atoms with E-state index in [4.69, 9.17) is 35.2 Å². The molecule has 64 valence electrons. The molecule has 0 atom stereocenters. The summed E-state index contributed by atoms with van der Waals surface area (Å²) in [5.41, 5.74) is 0. The van der Waals surface area contributed by atoms with Gasteiger partial charge >= 0.3 is 52.6 Å². The molecule has 8 nitrogen and oxygen atoms in total. The number of hydrogen-bond acceptors (Lipinski definition) is 5. The van der Waals surface area contributed by atoms with Crippen molar-refractivity contribution in [2.45, 2.75) is 0 Å². The monoisotopic (exact) mass is 238 g/mol. The zero-order valence-corrected chi connectivity index (χ0v) is 8.53. The van der Waals surface area contributed by atoms with Crippen molar-refractivity contribution >= 4 is 30.9 Å². The van der Waals surface area contributed by atoms with Crippen LogP contribution in [0, 0.1) is 0 Å². The van der Waals surface area contributed by atoms with Gasteiger partial charge in [0, 0.05) is 0 Å². The maximum atomic E-state index is 8.82. The summed E-state index contributed by atoms with van der Waals surface area (Å²) in [6.45, 7) is 0. The van der Waals surface area contributed by atoms with Crippen LogP contribution in [0.4, 0.5) is 0 Å². The number of rotatable bonds is 0. The molecule has 0 saturated carbocycles. The standard InChI is InChI=1S/Cr.Mg.H3O4P.2H2O.2O/c;;1-5(2,3)4;;;;/h;;(H3,1,2,3,4);2*1H2;;/q2*+2;;;;;/p-4. The molecule has 0 unspecified atom stereocenters. The van der Waals surface area contributed by atoms with Gasteiger partial charge in [-0.15, -0.1) is 0 Å². The molecular formula is H3CrMgO8P. The second-order valence-corrected chi connectivity index (χ2v) is 3.25. The molecule has 0 amide bonds. The predicted molar refractivity (Wildman–Crippen MR) is 21.4 cm³/mol. The first kappa shape index (κ1) is 17.9. The van der Waals surface area contributed by atoms with Gasteiger partial charge in [-0.1, -0.05) is 0 Å². The topological polar surface area (TPSA) is 158 Å². The fraction of sp³-hybridized carbons (Fsp3) is 0. The molecule has 11 heavy (non-hydrogen) atoms. The second-order valence-electron chi connectivity index (χ2n) is 0.916. The van der Waals surface area contributed by atoms with Crippen LogP contribution < -0.4 is 9.79 Å². The summed E-state index contributed by atoms with van der Waals surface area (Å²) in [7, 11) is -5.14. The fourth-order valence-corrected chi connectivity index (χ4v) is 0. The van der Waals surface area contributed by atoms with Crippen molar-refractivity contribution in [2.24, 2.45) is 0 Å². The van der Waals surface area contributed by atoms with Crippen molar-refractivity contribution < 1.29 is 48.8 Å². The van der Waals surface area contributed by atoms with Crippen LogP contribution in [0.3, 0.4) is 0 Å². The Hall–Kier alpha value is 0.929. The molecule has 0 heterocycles. The maximum absolute atomic E-state index is 8.82. The van der Waals surface area contributed by atoms with E-state index < -0.39 is 21.4 Å². The van der Waals surface area contributed by atoms with Gasteiger partial charge in [-0.3, -0.25) is 0 Å². The van der Waals surface area contributed by atoms with Crippen molar-refractivity contribution in [3.8, 4) is 0 Å². The number of hydrogen-bond donors (Lipinski definition) is 3. The molecule has 0 bridgehead atoms. The molecular weight excluding hydrogens is 235 g/mol. The van der Waals surface area contributed by atoms with Gasteiger partial charge in [0.25, 0.3) is 0 Å². The fourth-order valence-electron chi connectivity index (χ4n) is 0. The Morgan fingerprint density at radius 1 is 1.18 bits per heavy atom. The van der Waals surface area contributed by atoms with Crippen LogP contribution in [0.15, 0.2) is 0 Å². The Bertz CT molecular complexity index is 192. The van der Waals surface area contributed by atoms with E-state index in [1.807, 2.05) is 0 Å². The molecule has 0 rings (SSSR count). The van der Waals surface area contributed by atoms with Gasteiger partial charge in [-0.2, -0.15) is 0 Å². The second kappa shape index (κ2) is 6.45. The van der Waals surface area contributed by atoms with Crippen LogP contribution in [-0.4, -0.2) is 36.3 Å². The zero-order valence-electron chi connectivity index (χ0n) is 4.95. The first-order valence-corrected chi connectivity index (χ1v) is 5.12. The molecule has 3 N–H and O–H groups in total. The third kappa shape index (κ3) is 1010. The summed E-state index contributed by atoms with van der Waals surface area (Å²) >= 11 is -5.25. The van der Waals surface area contributed by atoms with Crippen LogP contribution in [0.1, 0.15) is 0 Å². The van der Waals surface area contributed by atoms with E-state index >= 15 is 0 Å². The van der Waals surface area contributed by atoms with Gasteiger partial charge in [-0.25, -0.2) is 0 Å². The van der Waals surface area contributed by atoms with Crippen LogP contribution in [0.5, 0.6) is 0 Å². The van der Waals surface area contributed by atoms with Gasteiger partial charge in [0.15, 0.2) is 0 Å². The molecule has 0 aliphatic rings. The SMILES string of the molecule is O=P([O-])([O-])O.[Mg+2].[O]=[Cr](=[O])([OH])[OH]. The van der Waals surface area contributed by atoms with Crippen LogP contribution in [-0.2, 0) is 25.8 Å². The van der Waals surface area contributed by atoms with E-state index in [-0.39, 0.29) is 23.1 Å². The normalized spacial score (nSPS) is 10.6. The third-order valence-electron chi connectivity index (χ3n) is 0. The molecule has 0 spiro atoms. The quantitative estimate of drug-likeness (QED) is 0.285. The van der Waals surface area contributed by atoms with Crippen molar-refractivity contribution in [3.05, 3.63) is 0 Å². The first-order valence-electron chi connectivity index (χ1n) is 1.45. The van der Waals surface area contributed by atoms with E-state index in [2.05, 4.69) is 0 Å². The van der Waals surface area contributed by atoms with Gasteiger partial charge in [0.2, 0.25) is 0 Å². The summed E-state index contributed by atoms with van der Waals surface area (Å²) in [4.78, 5) is 24.3. The van der Waals surface area contributed by atoms with Crippen molar-refractivity contribution in [3.63, 3.8) is 0 Å². The molecule has 0 fully saturated rings. The average Bonchev–Trinajstić information content (AvgIpc) is 1.12. The minimum atomic E-state index is -5.25. The minimum absolute atomic E-state index is 0. The number of phosphoric acid groups is 1. The summed E-state index contributed by atoms with van der Waals surface area (Å²) in [5.74, 6) is 0. The Balaban J connectivity index is -0.000000107. The Morgan fingerprint density at radius 2 is 1.18 bits per heavy atom. The van der Waals surface area contributed by atoms with E-state index in [1.165, 1.54) is 0 Å². The summed E-state index contributed by atoms with van der Waals surface area (Å²) in [6, 6.07) is 0. The zero-order chi connectivity index (χ0) is 9.00. The van der Waals surface area contributed by atoms with Crippen LogP contribution in [0.2, 0.25) is 0 Å². The molecule has 11 heteroatoms. The molecule has 0 aliphatic carbocycles. The molecule has 0 saturated heterocycles. The average molecular weight is 238 g/mol. The van der Waals surface area contributed by atoms with Gasteiger partial charge in [-0.05, 0) is 0 Å². The third-order valence-corrected chi connectivity index (χ3v) is 0. The summed E-state index contributed by atoms with van der Waals surface area (Å²) in [5, 5.41) is 0. The Labute approximate surface area is 79.6 Å². The Morgan fingerprint density at radius 3 is 1.18 bits per heavy atom. The van der Waals surface area contributed by atoms with E-state index in [0.29, 0.717) is 0 Å². The van der Waals surface area contributed by atoms with E-state index in [0.717, 1.165) is 0 Å². The van der Waals surface area contributed by atoms with Crippen molar-refractivity contribution in [2.75, 3.05) is 0 Å². The van der Waals surface area contributed by atoms with Crippen LogP contribution >= 0.6 is 7.82 Å². The first-order chi connectivity index (χ1) is 4.00. The summed E-state index contributed by atoms with van der Waals surface area (Å²) < 4.78 is 40.5. The predicted octanol–water partition coefficient (Wildman–Crippen LogP) is -3.93. The van der Waals surface area contributed by atoms with E-state index in [1.54, 1.807) is 0 Å². The van der Waals surface area contributed by atoms with Crippen LogP contribution in [0.25, 0.3) is 0 Å². The van der Waals surface area contributed by atoms with Gasteiger partial charge in [0.05, 0.1) is 7.82 Å². The molecule has 0 radical (unpaired) electrons. The van der Waals surface area contributed by atoms with Gasteiger partial charge in [0.1, 0.15) is 0 Å². The Kier molecular flexibility index (Phi) is 10.5. The van der Waals surface area contributed by atoms with Crippen molar-refractivity contribution in [1.29, 1.82) is 0 Å². The van der Waals surface area contributed by atoms with E-state index in [9.17, 15) is 0 Å². The summed E-state index contributed by atoms with van der Waals surface area (Å²) in [6.07, 6.45) is 0. The molecule has 0 aromatic heterocycles. The molecule has 0 aromatic rings. The molecule has 0 aliphatic heterocycles. The van der Waals surface area contributed by atoms with Gasteiger partial charge < -0.3 is 19.2 Å². The van der Waals surface area contributed by atoms with Crippen molar-refractivity contribution in [1.82, 2.24) is 0 Å².